The molecular formula is C11H12N2O3. The van der Waals surface area contributed by atoms with Gasteiger partial charge in [0.05, 0.1) is 23.5 Å². The van der Waals surface area contributed by atoms with Crippen molar-refractivity contribution in [2.45, 2.75) is 19.3 Å². The van der Waals surface area contributed by atoms with E-state index in [1.165, 1.54) is 19.2 Å². The molecule has 0 saturated heterocycles. The maximum Gasteiger partial charge on any atom is 0.310 e. The molecule has 0 fully saturated rings. The molecule has 0 spiro atoms. The minimum Gasteiger partial charge on any atom is -0.490 e. The zero-order valence-electron chi connectivity index (χ0n) is 9.35. The van der Waals surface area contributed by atoms with E-state index in [2.05, 4.69) is 6.07 Å². The summed E-state index contributed by atoms with van der Waals surface area (Å²) in [5.74, 6) is 0.172. The van der Waals surface area contributed by atoms with Gasteiger partial charge in [-0.3, -0.25) is 10.1 Å². The fourth-order valence-corrected chi connectivity index (χ4v) is 1.28. The molecule has 0 bridgehead atoms. The first-order valence-electron chi connectivity index (χ1n) is 4.66. The second-order valence-corrected chi connectivity index (χ2v) is 3.88. The number of ether oxygens (including phenoxy) is 1. The molecule has 16 heavy (non-hydrogen) atoms. The molecule has 0 saturated carbocycles. The van der Waals surface area contributed by atoms with Crippen molar-refractivity contribution in [2.75, 3.05) is 7.11 Å². The molecule has 0 heterocycles. The highest BCUT2D eigenvalue weighted by Gasteiger charge is 2.23. The summed E-state index contributed by atoms with van der Waals surface area (Å²) >= 11 is 0. The number of hydrogen-bond acceptors (Lipinski definition) is 4. The lowest BCUT2D eigenvalue weighted by atomic mass is 9.86. The van der Waals surface area contributed by atoms with Gasteiger partial charge in [-0.1, -0.05) is 6.07 Å². The average molecular weight is 220 g/mol. The maximum absolute atomic E-state index is 10.7. The van der Waals surface area contributed by atoms with Crippen LogP contribution < -0.4 is 4.74 Å². The Balaban J connectivity index is 3.31. The number of nitro groups is 1. The number of methoxy groups -OCH3 is 1. The van der Waals surface area contributed by atoms with Crippen LogP contribution in [0.2, 0.25) is 0 Å². The lowest BCUT2D eigenvalue weighted by Crippen LogP contribution is -2.14. The topological polar surface area (TPSA) is 76.2 Å². The first kappa shape index (κ1) is 12.0. The van der Waals surface area contributed by atoms with Crippen LogP contribution in [0.4, 0.5) is 5.69 Å². The van der Waals surface area contributed by atoms with Crippen molar-refractivity contribution in [2.24, 2.45) is 0 Å². The van der Waals surface area contributed by atoms with Crippen LogP contribution in [0.25, 0.3) is 0 Å². The number of hydrogen-bond donors (Lipinski definition) is 0. The number of rotatable bonds is 3. The van der Waals surface area contributed by atoms with Crippen LogP contribution in [-0.2, 0) is 5.41 Å². The maximum atomic E-state index is 10.7. The summed E-state index contributed by atoms with van der Waals surface area (Å²) < 4.78 is 4.94. The second kappa shape index (κ2) is 4.19. The first-order valence-corrected chi connectivity index (χ1v) is 4.66. The van der Waals surface area contributed by atoms with Crippen LogP contribution in [0.5, 0.6) is 5.75 Å². The van der Waals surface area contributed by atoms with Gasteiger partial charge < -0.3 is 4.74 Å². The van der Waals surface area contributed by atoms with Crippen molar-refractivity contribution >= 4 is 5.69 Å². The molecule has 0 aliphatic carbocycles. The predicted octanol–water partition coefficient (Wildman–Crippen LogP) is 2.40. The van der Waals surface area contributed by atoms with Crippen molar-refractivity contribution in [1.82, 2.24) is 0 Å². The number of nitro benzene ring substituents is 1. The standard InChI is InChI=1S/C11H12N2O3/c1-11(2,7-12)8-4-5-9(13(14)15)10(6-8)16-3/h4-6H,1-3H3. The molecule has 0 radical (unpaired) electrons. The van der Waals surface area contributed by atoms with Crippen molar-refractivity contribution in [3.05, 3.63) is 33.9 Å². The Labute approximate surface area is 93.4 Å². The monoisotopic (exact) mass is 220 g/mol. The molecule has 1 aromatic rings. The number of nitriles is 1. The van der Waals surface area contributed by atoms with E-state index in [-0.39, 0.29) is 11.4 Å². The van der Waals surface area contributed by atoms with E-state index in [0.29, 0.717) is 5.56 Å². The summed E-state index contributed by atoms with van der Waals surface area (Å²) in [6.07, 6.45) is 0. The molecule has 0 amide bonds. The molecule has 0 atom stereocenters. The fraction of sp³-hybridized carbons (Fsp3) is 0.364. The van der Waals surface area contributed by atoms with Crippen LogP contribution in [0, 0.1) is 21.4 Å². The van der Waals surface area contributed by atoms with Crippen molar-refractivity contribution in [3.63, 3.8) is 0 Å². The van der Waals surface area contributed by atoms with Gasteiger partial charge in [0, 0.05) is 6.07 Å². The predicted molar refractivity (Wildman–Crippen MR) is 58.3 cm³/mol. The Bertz CT molecular complexity index is 461. The fourth-order valence-electron chi connectivity index (χ4n) is 1.28. The lowest BCUT2D eigenvalue weighted by molar-refractivity contribution is -0.385. The Morgan fingerprint density at radius 2 is 2.12 bits per heavy atom. The third-order valence-electron chi connectivity index (χ3n) is 2.38. The van der Waals surface area contributed by atoms with E-state index >= 15 is 0 Å². The van der Waals surface area contributed by atoms with Gasteiger partial charge in [0.25, 0.3) is 0 Å². The van der Waals surface area contributed by atoms with Crippen LogP contribution in [0.3, 0.4) is 0 Å². The van der Waals surface area contributed by atoms with E-state index in [4.69, 9.17) is 10.00 Å². The Hall–Kier alpha value is -2.09. The molecule has 5 nitrogen and oxygen atoms in total. The zero-order chi connectivity index (χ0) is 12.3. The van der Waals surface area contributed by atoms with Crippen LogP contribution in [-0.4, -0.2) is 12.0 Å². The molecule has 0 aliphatic rings. The Morgan fingerprint density at radius 3 is 2.56 bits per heavy atom. The zero-order valence-corrected chi connectivity index (χ0v) is 9.35. The van der Waals surface area contributed by atoms with Crippen LogP contribution in [0.1, 0.15) is 19.4 Å². The quantitative estimate of drug-likeness (QED) is 0.579. The van der Waals surface area contributed by atoms with Gasteiger partial charge >= 0.3 is 5.69 Å². The molecular weight excluding hydrogens is 208 g/mol. The SMILES string of the molecule is COc1cc(C(C)(C)C#N)ccc1[N+](=O)[O-]. The smallest absolute Gasteiger partial charge is 0.310 e. The van der Waals surface area contributed by atoms with E-state index in [1.807, 2.05) is 0 Å². The summed E-state index contributed by atoms with van der Waals surface area (Å²) in [6.45, 7) is 3.49. The van der Waals surface area contributed by atoms with Gasteiger partial charge in [0.2, 0.25) is 0 Å². The minimum absolute atomic E-state index is 0.0972. The third kappa shape index (κ3) is 2.11. The molecule has 0 N–H and O–H groups in total. The van der Waals surface area contributed by atoms with Gasteiger partial charge in [-0.2, -0.15) is 5.26 Å². The summed E-state index contributed by atoms with van der Waals surface area (Å²) in [5, 5.41) is 19.6. The molecule has 1 aromatic carbocycles. The second-order valence-electron chi connectivity index (χ2n) is 3.88. The molecule has 5 heteroatoms. The highest BCUT2D eigenvalue weighted by atomic mass is 16.6. The van der Waals surface area contributed by atoms with E-state index in [9.17, 15) is 10.1 Å². The molecule has 0 aliphatic heterocycles. The highest BCUT2D eigenvalue weighted by molar-refractivity contribution is 5.50. The molecule has 84 valence electrons. The number of benzene rings is 1. The van der Waals surface area contributed by atoms with Crippen molar-refractivity contribution in [3.8, 4) is 11.8 Å². The minimum atomic E-state index is -0.692. The van der Waals surface area contributed by atoms with Gasteiger partial charge in [-0.05, 0) is 25.5 Å². The first-order chi connectivity index (χ1) is 7.42. The molecule has 0 unspecified atom stereocenters. The average Bonchev–Trinajstić information content (AvgIpc) is 2.27. The van der Waals surface area contributed by atoms with Crippen LogP contribution in [0.15, 0.2) is 18.2 Å². The van der Waals surface area contributed by atoms with Gasteiger partial charge in [-0.25, -0.2) is 0 Å². The Morgan fingerprint density at radius 1 is 1.50 bits per heavy atom. The Kier molecular flexibility index (Phi) is 3.14. The van der Waals surface area contributed by atoms with Crippen molar-refractivity contribution in [1.29, 1.82) is 5.26 Å². The lowest BCUT2D eigenvalue weighted by Gasteiger charge is -2.16. The van der Waals surface area contributed by atoms with E-state index in [1.54, 1.807) is 19.9 Å². The third-order valence-corrected chi connectivity index (χ3v) is 2.38. The number of nitrogens with zero attached hydrogens (tertiary/aromatic N) is 2. The summed E-state index contributed by atoms with van der Waals surface area (Å²) in [7, 11) is 1.37. The van der Waals surface area contributed by atoms with Crippen molar-refractivity contribution < 1.29 is 9.66 Å². The molecule has 1 rings (SSSR count). The van der Waals surface area contributed by atoms with E-state index in [0.717, 1.165) is 0 Å². The van der Waals surface area contributed by atoms with Crippen LogP contribution >= 0.6 is 0 Å². The van der Waals surface area contributed by atoms with Gasteiger partial charge in [0.1, 0.15) is 0 Å². The summed E-state index contributed by atoms with van der Waals surface area (Å²) in [6, 6.07) is 6.59. The van der Waals surface area contributed by atoms with Gasteiger partial charge in [-0.15, -0.1) is 0 Å². The summed E-state index contributed by atoms with van der Waals surface area (Å²) in [4.78, 5) is 10.2. The highest BCUT2D eigenvalue weighted by Crippen LogP contribution is 2.32. The largest absolute Gasteiger partial charge is 0.490 e. The summed E-state index contributed by atoms with van der Waals surface area (Å²) in [5.41, 5.74) is -0.0972. The van der Waals surface area contributed by atoms with E-state index < -0.39 is 10.3 Å². The van der Waals surface area contributed by atoms with Gasteiger partial charge in [0.15, 0.2) is 5.75 Å². The normalized spacial score (nSPS) is 10.6. The molecule has 0 aromatic heterocycles.